The number of halogens is 3. The van der Waals surface area contributed by atoms with E-state index in [0.717, 1.165) is 77.8 Å². The van der Waals surface area contributed by atoms with Gasteiger partial charge < -0.3 is 14.8 Å². The maximum atomic E-state index is 13.0. The van der Waals surface area contributed by atoms with Crippen LogP contribution in [0.3, 0.4) is 0 Å². The fraction of sp³-hybridized carbons (Fsp3) is 0.333. The van der Waals surface area contributed by atoms with Crippen LogP contribution in [-0.2, 0) is 19.8 Å². The summed E-state index contributed by atoms with van der Waals surface area (Å²) in [6.07, 6.45) is -4.35. The van der Waals surface area contributed by atoms with Crippen molar-refractivity contribution < 1.29 is 13.2 Å². The highest BCUT2D eigenvalue weighted by Gasteiger charge is 2.30. The number of para-hydroxylation sites is 1. The minimum atomic E-state index is -4.35. The van der Waals surface area contributed by atoms with Crippen LogP contribution in [-0.4, -0.2) is 45.5 Å². The third-order valence-corrected chi connectivity index (χ3v) is 6.17. The molecule has 6 nitrogen and oxygen atoms in total. The van der Waals surface area contributed by atoms with Gasteiger partial charge in [-0.05, 0) is 36.8 Å². The van der Waals surface area contributed by atoms with Gasteiger partial charge >= 0.3 is 6.18 Å². The van der Waals surface area contributed by atoms with Crippen LogP contribution in [0, 0.1) is 6.92 Å². The molecule has 2 aromatic carbocycles. The Morgan fingerprint density at radius 2 is 1.76 bits per heavy atom. The minimum absolute atomic E-state index is 0.429. The Bertz CT molecular complexity index is 1260. The molecule has 0 bridgehead atoms. The van der Waals surface area contributed by atoms with Crippen LogP contribution in [0.5, 0.6) is 0 Å². The predicted molar refractivity (Wildman–Crippen MR) is 122 cm³/mol. The summed E-state index contributed by atoms with van der Waals surface area (Å²) in [7, 11) is 1.91. The smallest absolute Gasteiger partial charge is 0.340 e. The molecule has 1 fully saturated rings. The molecule has 0 radical (unpaired) electrons. The fourth-order valence-electron chi connectivity index (χ4n) is 4.28. The van der Waals surface area contributed by atoms with Gasteiger partial charge in [-0.1, -0.05) is 24.3 Å². The van der Waals surface area contributed by atoms with E-state index in [1.165, 1.54) is 0 Å². The number of aromatic nitrogens is 4. The van der Waals surface area contributed by atoms with E-state index < -0.39 is 11.7 Å². The first kappa shape index (κ1) is 21.5. The van der Waals surface area contributed by atoms with Crippen molar-refractivity contribution in [2.45, 2.75) is 19.6 Å². The Labute approximate surface area is 189 Å². The van der Waals surface area contributed by atoms with Gasteiger partial charge in [0, 0.05) is 44.5 Å². The Morgan fingerprint density at radius 1 is 1.03 bits per heavy atom. The van der Waals surface area contributed by atoms with Crippen molar-refractivity contribution in [3.8, 4) is 11.3 Å². The first-order valence-corrected chi connectivity index (χ1v) is 10.9. The first-order valence-electron chi connectivity index (χ1n) is 10.9. The molecule has 5 rings (SSSR count). The molecule has 172 valence electrons. The molecule has 1 saturated heterocycles. The topological polar surface area (TPSA) is 50.9 Å². The number of fused-ring (bicyclic) bond motifs is 1. The van der Waals surface area contributed by atoms with Crippen LogP contribution in [0.25, 0.3) is 22.3 Å². The van der Waals surface area contributed by atoms with Crippen molar-refractivity contribution in [2.75, 3.05) is 31.1 Å². The number of alkyl halides is 3. The van der Waals surface area contributed by atoms with Gasteiger partial charge in [0.15, 0.2) is 0 Å². The van der Waals surface area contributed by atoms with Crippen molar-refractivity contribution in [2.24, 2.45) is 7.05 Å². The molecule has 33 heavy (non-hydrogen) atoms. The highest BCUT2D eigenvalue weighted by Crippen LogP contribution is 2.33. The van der Waals surface area contributed by atoms with Crippen molar-refractivity contribution in [3.05, 3.63) is 65.4 Å². The Balaban J connectivity index is 1.62. The van der Waals surface area contributed by atoms with Gasteiger partial charge in [0.25, 0.3) is 0 Å². The van der Waals surface area contributed by atoms with E-state index in [1.54, 1.807) is 12.1 Å². The van der Waals surface area contributed by atoms with Gasteiger partial charge in [-0.15, -0.1) is 0 Å². The minimum Gasteiger partial charge on any atom is -0.340 e. The number of rotatable bonds is 4. The van der Waals surface area contributed by atoms with Crippen molar-refractivity contribution in [1.29, 1.82) is 0 Å². The quantitative estimate of drug-likeness (QED) is 0.502. The van der Waals surface area contributed by atoms with E-state index in [1.807, 2.05) is 42.9 Å². The molecule has 1 aliphatic heterocycles. The van der Waals surface area contributed by atoms with Gasteiger partial charge in [-0.2, -0.15) is 18.3 Å². The summed E-state index contributed by atoms with van der Waals surface area (Å²) < 4.78 is 43.0. The van der Waals surface area contributed by atoms with E-state index in [-0.39, 0.29) is 0 Å². The lowest BCUT2D eigenvalue weighted by atomic mass is 10.1. The second-order valence-corrected chi connectivity index (χ2v) is 8.40. The average molecular weight is 455 g/mol. The zero-order valence-electron chi connectivity index (χ0n) is 18.5. The molecule has 1 aliphatic rings. The van der Waals surface area contributed by atoms with Gasteiger partial charge in [-0.25, -0.2) is 4.98 Å². The number of nitrogens with zero attached hydrogens (tertiary/aromatic N) is 5. The van der Waals surface area contributed by atoms with Crippen LogP contribution in [0.2, 0.25) is 0 Å². The maximum Gasteiger partial charge on any atom is 0.416 e. The van der Waals surface area contributed by atoms with Crippen molar-refractivity contribution in [3.63, 3.8) is 0 Å². The van der Waals surface area contributed by atoms with Crippen LogP contribution >= 0.6 is 0 Å². The average Bonchev–Trinajstić information content (AvgIpc) is 3.34. The molecular weight excluding hydrogens is 429 g/mol. The zero-order valence-corrected chi connectivity index (χ0v) is 18.5. The summed E-state index contributed by atoms with van der Waals surface area (Å²) in [6.45, 7) is 5.78. The molecule has 0 spiro atoms. The summed E-state index contributed by atoms with van der Waals surface area (Å²) in [4.78, 5) is 7.27. The highest BCUT2D eigenvalue weighted by atomic mass is 19.4. The molecule has 4 aromatic rings. The third kappa shape index (κ3) is 4.08. The second kappa shape index (κ2) is 8.22. The van der Waals surface area contributed by atoms with Crippen molar-refractivity contribution in [1.82, 2.24) is 24.6 Å². The van der Waals surface area contributed by atoms with Crippen LogP contribution in [0.1, 0.15) is 16.8 Å². The molecule has 0 unspecified atom stereocenters. The molecular formula is C24H25F3N6. The van der Waals surface area contributed by atoms with E-state index in [9.17, 15) is 13.2 Å². The number of benzene rings is 2. The normalized spacial score (nSPS) is 14.9. The molecule has 0 amide bonds. The molecule has 9 heteroatoms. The number of anilines is 1. The molecule has 0 saturated carbocycles. The summed E-state index contributed by atoms with van der Waals surface area (Å²) in [6, 6.07) is 13.4. The second-order valence-electron chi connectivity index (χ2n) is 8.40. The fourth-order valence-corrected chi connectivity index (χ4v) is 4.28. The van der Waals surface area contributed by atoms with Gasteiger partial charge in [-0.3, -0.25) is 4.68 Å². The van der Waals surface area contributed by atoms with Crippen LogP contribution in [0.15, 0.2) is 48.5 Å². The SMILES string of the molecule is Cc1cc(-c2cccc3c2nc(N2CCNCC2)n3Cc2ccc(C(F)(F)F)cc2)nn1C. The number of hydrogen-bond acceptors (Lipinski definition) is 4. The van der Waals surface area contributed by atoms with E-state index in [2.05, 4.69) is 19.9 Å². The summed E-state index contributed by atoms with van der Waals surface area (Å²) in [5.41, 5.74) is 4.77. The number of nitrogens with one attached hydrogen (secondary N) is 1. The lowest BCUT2D eigenvalue weighted by Gasteiger charge is -2.29. The number of aryl methyl sites for hydroxylation is 2. The molecule has 1 N–H and O–H groups in total. The molecule has 0 aliphatic carbocycles. The number of piperazine rings is 1. The van der Waals surface area contributed by atoms with Crippen molar-refractivity contribution >= 4 is 17.0 Å². The zero-order chi connectivity index (χ0) is 23.2. The summed E-state index contributed by atoms with van der Waals surface area (Å²) in [5.74, 6) is 0.825. The monoisotopic (exact) mass is 454 g/mol. The summed E-state index contributed by atoms with van der Waals surface area (Å²) in [5, 5.41) is 7.99. The standard InChI is InChI=1S/C24H25F3N6/c1-16-14-20(30-31(16)2)19-4-3-5-21-22(19)29-23(32-12-10-28-11-13-32)33(21)15-17-6-8-18(9-7-17)24(25,26)27/h3-9,14,28H,10-13,15H2,1-2H3. The molecule has 2 aromatic heterocycles. The number of hydrogen-bond donors (Lipinski definition) is 1. The first-order chi connectivity index (χ1) is 15.8. The lowest BCUT2D eigenvalue weighted by Crippen LogP contribution is -2.44. The largest absolute Gasteiger partial charge is 0.416 e. The predicted octanol–water partition coefficient (Wildman–Crippen LogP) is 4.22. The van der Waals surface area contributed by atoms with Crippen LogP contribution in [0.4, 0.5) is 19.1 Å². The Hall–Kier alpha value is -3.33. The Kier molecular flexibility index (Phi) is 5.36. The molecule has 0 atom stereocenters. The van der Waals surface area contributed by atoms with Crippen LogP contribution < -0.4 is 10.2 Å². The highest BCUT2D eigenvalue weighted by molar-refractivity contribution is 5.93. The van der Waals surface area contributed by atoms with Gasteiger partial charge in [0.05, 0.1) is 23.3 Å². The van der Waals surface area contributed by atoms with E-state index >= 15 is 0 Å². The maximum absolute atomic E-state index is 13.0. The Morgan fingerprint density at radius 3 is 2.39 bits per heavy atom. The van der Waals surface area contributed by atoms with Gasteiger partial charge in [0.2, 0.25) is 5.95 Å². The lowest BCUT2D eigenvalue weighted by molar-refractivity contribution is -0.137. The van der Waals surface area contributed by atoms with E-state index in [0.29, 0.717) is 6.54 Å². The van der Waals surface area contributed by atoms with Gasteiger partial charge in [0.1, 0.15) is 5.52 Å². The molecule has 3 heterocycles. The third-order valence-electron chi connectivity index (χ3n) is 6.17. The summed E-state index contributed by atoms with van der Waals surface area (Å²) >= 11 is 0. The number of imidazole rings is 1. The van der Waals surface area contributed by atoms with E-state index in [4.69, 9.17) is 4.98 Å².